The molecule has 2 aromatic rings. The van der Waals surface area contributed by atoms with Crippen molar-refractivity contribution in [3.63, 3.8) is 0 Å². The largest absolute Gasteiger partial charge is 0.497 e. The summed E-state index contributed by atoms with van der Waals surface area (Å²) in [7, 11) is 1.54. The Morgan fingerprint density at radius 3 is 2.75 bits per heavy atom. The number of carbonyl (C=O) groups is 1. The Labute approximate surface area is 134 Å². The van der Waals surface area contributed by atoms with E-state index in [0.717, 1.165) is 4.47 Å². The predicted molar refractivity (Wildman–Crippen MR) is 82.9 cm³/mol. The molecule has 0 fully saturated rings. The number of rotatable bonds is 3. The lowest BCUT2D eigenvalue weighted by atomic mass is 10.2. The first-order valence-corrected chi connectivity index (χ1v) is 7.02. The molecule has 1 N–H and O–H groups in total. The normalized spacial score (nSPS) is 10.2. The summed E-state index contributed by atoms with van der Waals surface area (Å²) in [5, 5.41) is 3.12. The van der Waals surface area contributed by atoms with Crippen LogP contribution in [0.4, 0.5) is 5.69 Å². The Kier molecular flexibility index (Phi) is 4.86. The third kappa shape index (κ3) is 3.62. The molecule has 0 aliphatic heterocycles. The minimum atomic E-state index is -0.447. The van der Waals surface area contributed by atoms with E-state index in [9.17, 15) is 4.79 Å². The minimum absolute atomic E-state index is 0.0677. The summed E-state index contributed by atoms with van der Waals surface area (Å²) in [6.45, 7) is 0. The van der Waals surface area contributed by atoms with Crippen molar-refractivity contribution in [3.05, 3.63) is 50.7 Å². The molecule has 0 aliphatic rings. The molecule has 2 rings (SSSR count). The highest BCUT2D eigenvalue weighted by atomic mass is 79.9. The molecule has 0 saturated carbocycles. The molecular formula is C13H9BrCl2N2O2. The Morgan fingerprint density at radius 2 is 2.05 bits per heavy atom. The first-order valence-electron chi connectivity index (χ1n) is 5.47. The zero-order chi connectivity index (χ0) is 14.7. The van der Waals surface area contributed by atoms with Crippen molar-refractivity contribution in [3.8, 4) is 5.75 Å². The third-order valence-corrected chi connectivity index (χ3v) is 3.37. The molecule has 0 bridgehead atoms. The molecule has 20 heavy (non-hydrogen) atoms. The molecule has 0 spiro atoms. The van der Waals surface area contributed by atoms with Gasteiger partial charge in [0, 0.05) is 16.2 Å². The lowest BCUT2D eigenvalue weighted by Gasteiger charge is -2.08. The summed E-state index contributed by atoms with van der Waals surface area (Å²) in [4.78, 5) is 16.0. The Bertz CT molecular complexity index is 665. The number of nitrogens with one attached hydrogen (secondary N) is 1. The van der Waals surface area contributed by atoms with Gasteiger partial charge in [-0.25, -0.2) is 4.98 Å². The first-order chi connectivity index (χ1) is 9.49. The van der Waals surface area contributed by atoms with Crippen LogP contribution >= 0.6 is 39.1 Å². The van der Waals surface area contributed by atoms with Gasteiger partial charge in [0.1, 0.15) is 16.6 Å². The number of carbonyl (C=O) groups excluding carboxylic acids is 1. The highest BCUT2D eigenvalue weighted by molar-refractivity contribution is 9.10. The van der Waals surface area contributed by atoms with Crippen LogP contribution in [0, 0.1) is 0 Å². The second-order valence-electron chi connectivity index (χ2n) is 3.80. The number of nitrogens with zero attached hydrogens (tertiary/aromatic N) is 1. The summed E-state index contributed by atoms with van der Waals surface area (Å²) in [6, 6.07) is 8.23. The maximum Gasteiger partial charge on any atom is 0.275 e. The lowest BCUT2D eigenvalue weighted by Crippen LogP contribution is -2.14. The van der Waals surface area contributed by atoms with E-state index in [1.54, 1.807) is 25.3 Å². The van der Waals surface area contributed by atoms with E-state index in [1.165, 1.54) is 12.1 Å². The fourth-order valence-corrected chi connectivity index (χ4v) is 2.33. The molecule has 104 valence electrons. The van der Waals surface area contributed by atoms with Crippen LogP contribution in [-0.2, 0) is 0 Å². The number of amides is 1. The zero-order valence-corrected chi connectivity index (χ0v) is 13.4. The maximum atomic E-state index is 12.1. The highest BCUT2D eigenvalue weighted by Gasteiger charge is 2.14. The van der Waals surface area contributed by atoms with Gasteiger partial charge in [0.2, 0.25) is 0 Å². The molecule has 1 aromatic carbocycles. The molecule has 0 aliphatic carbocycles. The van der Waals surface area contributed by atoms with Crippen molar-refractivity contribution in [2.75, 3.05) is 12.4 Å². The monoisotopic (exact) mass is 374 g/mol. The van der Waals surface area contributed by atoms with Crippen molar-refractivity contribution in [2.24, 2.45) is 0 Å². The number of hydrogen-bond donors (Lipinski definition) is 1. The van der Waals surface area contributed by atoms with Crippen molar-refractivity contribution in [1.82, 2.24) is 4.98 Å². The van der Waals surface area contributed by atoms with E-state index in [-0.39, 0.29) is 15.9 Å². The molecule has 7 heteroatoms. The average molecular weight is 376 g/mol. The van der Waals surface area contributed by atoms with Crippen LogP contribution < -0.4 is 10.1 Å². The molecule has 1 aromatic heterocycles. The van der Waals surface area contributed by atoms with E-state index in [2.05, 4.69) is 26.2 Å². The second-order valence-corrected chi connectivity index (χ2v) is 5.51. The molecular weight excluding hydrogens is 367 g/mol. The number of benzene rings is 1. The fourth-order valence-electron chi connectivity index (χ4n) is 1.52. The summed E-state index contributed by atoms with van der Waals surface area (Å²) in [6.07, 6.45) is 0. The molecule has 0 saturated heterocycles. The van der Waals surface area contributed by atoms with E-state index in [0.29, 0.717) is 11.4 Å². The number of pyridine rings is 1. The van der Waals surface area contributed by atoms with Gasteiger partial charge in [-0.05, 0) is 24.3 Å². The molecule has 1 amide bonds. The van der Waals surface area contributed by atoms with Crippen LogP contribution in [0.3, 0.4) is 0 Å². The van der Waals surface area contributed by atoms with Gasteiger partial charge in [-0.1, -0.05) is 39.1 Å². The first kappa shape index (κ1) is 15.1. The summed E-state index contributed by atoms with van der Waals surface area (Å²) in [5.74, 6) is 0.164. The number of aromatic nitrogens is 1. The van der Waals surface area contributed by atoms with Crippen molar-refractivity contribution in [2.45, 2.75) is 0 Å². The fraction of sp³-hybridized carbons (Fsp3) is 0.0769. The standard InChI is InChI=1S/C13H9BrCl2N2O2/c1-20-9-5-7(14)4-8(6-9)17-13(19)12-10(15)2-3-11(16)18-12/h2-6H,1H3,(H,17,19). The molecule has 0 atom stereocenters. The molecule has 0 radical (unpaired) electrons. The van der Waals surface area contributed by atoms with Crippen LogP contribution in [0.25, 0.3) is 0 Å². The Balaban J connectivity index is 2.27. The number of hydrogen-bond acceptors (Lipinski definition) is 3. The van der Waals surface area contributed by atoms with Crippen LogP contribution in [-0.4, -0.2) is 18.0 Å². The third-order valence-electron chi connectivity index (χ3n) is 2.39. The quantitative estimate of drug-likeness (QED) is 0.808. The lowest BCUT2D eigenvalue weighted by molar-refractivity contribution is 0.102. The van der Waals surface area contributed by atoms with Gasteiger partial charge in [-0.2, -0.15) is 0 Å². The van der Waals surface area contributed by atoms with Gasteiger partial charge in [0.05, 0.1) is 12.1 Å². The minimum Gasteiger partial charge on any atom is -0.497 e. The van der Waals surface area contributed by atoms with Crippen LogP contribution in [0.2, 0.25) is 10.2 Å². The molecule has 0 unspecified atom stereocenters. The van der Waals surface area contributed by atoms with E-state index >= 15 is 0 Å². The van der Waals surface area contributed by atoms with Gasteiger partial charge in [0.15, 0.2) is 0 Å². The van der Waals surface area contributed by atoms with Gasteiger partial charge in [-0.3, -0.25) is 4.79 Å². The summed E-state index contributed by atoms with van der Waals surface area (Å²) >= 11 is 15.0. The number of anilines is 1. The van der Waals surface area contributed by atoms with Crippen LogP contribution in [0.15, 0.2) is 34.8 Å². The SMILES string of the molecule is COc1cc(Br)cc(NC(=O)c2nc(Cl)ccc2Cl)c1. The number of halogens is 3. The van der Waals surface area contributed by atoms with Gasteiger partial charge in [-0.15, -0.1) is 0 Å². The average Bonchev–Trinajstić information content (AvgIpc) is 2.40. The molecule has 4 nitrogen and oxygen atoms in total. The Hall–Kier alpha value is -1.30. The van der Waals surface area contributed by atoms with Gasteiger partial charge >= 0.3 is 0 Å². The van der Waals surface area contributed by atoms with Crippen LogP contribution in [0.5, 0.6) is 5.75 Å². The van der Waals surface area contributed by atoms with Crippen LogP contribution in [0.1, 0.15) is 10.5 Å². The van der Waals surface area contributed by atoms with E-state index in [4.69, 9.17) is 27.9 Å². The van der Waals surface area contributed by atoms with Gasteiger partial charge in [0.25, 0.3) is 5.91 Å². The number of methoxy groups -OCH3 is 1. The zero-order valence-electron chi connectivity index (χ0n) is 10.3. The number of ether oxygens (including phenoxy) is 1. The van der Waals surface area contributed by atoms with Gasteiger partial charge < -0.3 is 10.1 Å². The predicted octanol–water partition coefficient (Wildman–Crippen LogP) is 4.41. The molecule has 1 heterocycles. The highest BCUT2D eigenvalue weighted by Crippen LogP contribution is 2.25. The van der Waals surface area contributed by atoms with E-state index < -0.39 is 5.91 Å². The summed E-state index contributed by atoms with van der Waals surface area (Å²) in [5.41, 5.74) is 0.622. The second kappa shape index (κ2) is 6.43. The Morgan fingerprint density at radius 1 is 1.30 bits per heavy atom. The van der Waals surface area contributed by atoms with Crippen molar-refractivity contribution >= 4 is 50.7 Å². The van der Waals surface area contributed by atoms with Crippen molar-refractivity contribution in [1.29, 1.82) is 0 Å². The topological polar surface area (TPSA) is 51.2 Å². The van der Waals surface area contributed by atoms with Crippen molar-refractivity contribution < 1.29 is 9.53 Å². The smallest absolute Gasteiger partial charge is 0.275 e. The van der Waals surface area contributed by atoms with E-state index in [1.807, 2.05) is 0 Å². The maximum absolute atomic E-state index is 12.1. The summed E-state index contributed by atoms with van der Waals surface area (Å²) < 4.78 is 5.90.